The molecule has 1 heterocycles. The maximum absolute atomic E-state index is 12.9. The van der Waals surface area contributed by atoms with Gasteiger partial charge >= 0.3 is 0 Å². The summed E-state index contributed by atoms with van der Waals surface area (Å²) in [4.78, 5) is 27.2. The van der Waals surface area contributed by atoms with Crippen molar-refractivity contribution in [3.63, 3.8) is 0 Å². The van der Waals surface area contributed by atoms with Crippen molar-refractivity contribution in [2.24, 2.45) is 0 Å². The molecule has 8 heteroatoms. The van der Waals surface area contributed by atoms with Gasteiger partial charge in [-0.15, -0.1) is 0 Å². The average Bonchev–Trinajstić information content (AvgIpc) is 2.77. The number of carbonyl (C=O) groups is 2. The maximum Gasteiger partial charge on any atom is 0.255 e. The summed E-state index contributed by atoms with van der Waals surface area (Å²) in [6, 6.07) is 15.8. The molecule has 1 saturated heterocycles. The second-order valence-electron chi connectivity index (χ2n) is 7.72. The molecule has 0 atom stereocenters. The van der Waals surface area contributed by atoms with Gasteiger partial charge in [0.2, 0.25) is 15.9 Å². The van der Waals surface area contributed by atoms with Crippen molar-refractivity contribution in [3.8, 4) is 0 Å². The van der Waals surface area contributed by atoms with E-state index in [-0.39, 0.29) is 24.8 Å². The topological polar surface area (TPSA) is 86.8 Å². The van der Waals surface area contributed by atoms with Crippen LogP contribution in [-0.4, -0.2) is 51.0 Å². The molecule has 0 radical (unpaired) electrons. The van der Waals surface area contributed by atoms with Gasteiger partial charge < -0.3 is 10.2 Å². The van der Waals surface area contributed by atoms with Crippen LogP contribution in [0.3, 0.4) is 0 Å². The quantitative estimate of drug-likeness (QED) is 0.677. The normalized spacial score (nSPS) is 14.2. The fraction of sp³-hybridized carbons (Fsp3) is 0.391. The van der Waals surface area contributed by atoms with E-state index >= 15 is 0 Å². The van der Waals surface area contributed by atoms with Gasteiger partial charge in [0.15, 0.2) is 0 Å². The van der Waals surface area contributed by atoms with Gasteiger partial charge in [0.05, 0.1) is 23.2 Å². The fourth-order valence-electron chi connectivity index (χ4n) is 3.72. The van der Waals surface area contributed by atoms with E-state index < -0.39 is 10.0 Å². The van der Waals surface area contributed by atoms with Crippen LogP contribution in [0.15, 0.2) is 54.6 Å². The van der Waals surface area contributed by atoms with Crippen LogP contribution < -0.4 is 9.62 Å². The van der Waals surface area contributed by atoms with Crippen molar-refractivity contribution in [2.45, 2.75) is 32.1 Å². The second-order valence-corrected chi connectivity index (χ2v) is 9.63. The summed E-state index contributed by atoms with van der Waals surface area (Å²) in [6.07, 6.45) is 4.79. The average molecular weight is 444 g/mol. The van der Waals surface area contributed by atoms with Gasteiger partial charge in [-0.25, -0.2) is 8.42 Å². The minimum atomic E-state index is -3.45. The first-order valence-electron chi connectivity index (χ1n) is 10.6. The number of nitrogens with zero attached hydrogens (tertiary/aromatic N) is 2. The number of anilines is 2. The highest BCUT2D eigenvalue weighted by molar-refractivity contribution is 7.92. The van der Waals surface area contributed by atoms with Gasteiger partial charge in [-0.3, -0.25) is 13.9 Å². The molecule has 0 aliphatic carbocycles. The molecule has 0 bridgehead atoms. The number of carbonyl (C=O) groups excluding carboxylic acids is 2. The molecule has 3 rings (SSSR count). The summed E-state index contributed by atoms with van der Waals surface area (Å²) in [6.45, 7) is 1.68. The summed E-state index contributed by atoms with van der Waals surface area (Å²) in [7, 11) is -3.45. The van der Waals surface area contributed by atoms with Crippen LogP contribution in [0.4, 0.5) is 11.4 Å². The van der Waals surface area contributed by atoms with Crippen molar-refractivity contribution in [1.29, 1.82) is 0 Å². The van der Waals surface area contributed by atoms with Gasteiger partial charge in [-0.05, 0) is 49.9 Å². The molecule has 2 aromatic carbocycles. The number of amides is 2. The number of piperidine rings is 1. The zero-order valence-electron chi connectivity index (χ0n) is 17.8. The number of rotatable bonds is 8. The minimum Gasteiger partial charge on any atom is -0.339 e. The largest absolute Gasteiger partial charge is 0.339 e. The molecule has 31 heavy (non-hydrogen) atoms. The van der Waals surface area contributed by atoms with Crippen LogP contribution in [0, 0.1) is 0 Å². The minimum absolute atomic E-state index is 0.0667. The lowest BCUT2D eigenvalue weighted by molar-refractivity contribution is -0.116. The molecule has 1 aliphatic heterocycles. The highest BCUT2D eigenvalue weighted by Crippen LogP contribution is 2.21. The summed E-state index contributed by atoms with van der Waals surface area (Å²) < 4.78 is 25.6. The van der Waals surface area contributed by atoms with Gasteiger partial charge in [-0.1, -0.05) is 30.3 Å². The van der Waals surface area contributed by atoms with Crippen molar-refractivity contribution in [3.05, 3.63) is 60.2 Å². The van der Waals surface area contributed by atoms with Crippen LogP contribution in [-0.2, 0) is 14.8 Å². The van der Waals surface area contributed by atoms with E-state index in [9.17, 15) is 18.0 Å². The number of benzene rings is 2. The van der Waals surface area contributed by atoms with Crippen LogP contribution in [0.5, 0.6) is 0 Å². The Hall–Kier alpha value is -2.87. The van der Waals surface area contributed by atoms with Crippen LogP contribution in [0.2, 0.25) is 0 Å². The monoisotopic (exact) mass is 443 g/mol. The van der Waals surface area contributed by atoms with Crippen LogP contribution in [0.25, 0.3) is 0 Å². The lowest BCUT2D eigenvalue weighted by Gasteiger charge is -2.27. The molecule has 7 nitrogen and oxygen atoms in total. The maximum atomic E-state index is 12.9. The Balaban J connectivity index is 1.60. The second kappa shape index (κ2) is 10.4. The van der Waals surface area contributed by atoms with E-state index in [0.29, 0.717) is 23.4 Å². The van der Waals surface area contributed by atoms with Crippen molar-refractivity contribution >= 4 is 33.2 Å². The highest BCUT2D eigenvalue weighted by atomic mass is 32.2. The molecule has 0 unspecified atom stereocenters. The Labute approximate surface area is 184 Å². The Kier molecular flexibility index (Phi) is 7.68. The molecule has 0 spiro atoms. The number of hydrogen-bond acceptors (Lipinski definition) is 4. The molecule has 1 aliphatic rings. The van der Waals surface area contributed by atoms with E-state index in [1.54, 1.807) is 48.5 Å². The molecule has 1 N–H and O–H groups in total. The Morgan fingerprint density at radius 2 is 1.61 bits per heavy atom. The number of nitrogens with one attached hydrogen (secondary N) is 1. The van der Waals surface area contributed by atoms with Gasteiger partial charge in [-0.2, -0.15) is 0 Å². The Morgan fingerprint density at radius 3 is 2.29 bits per heavy atom. The molecule has 0 saturated carbocycles. The third kappa shape index (κ3) is 6.30. The van der Waals surface area contributed by atoms with E-state index in [0.717, 1.165) is 38.6 Å². The third-order valence-corrected chi connectivity index (χ3v) is 6.48. The SMILES string of the molecule is CS(=O)(=O)N(CCCC(=O)Nc1ccccc1C(=O)N1CCCCC1)c1ccccc1. The molecule has 1 fully saturated rings. The van der Waals surface area contributed by atoms with E-state index in [1.807, 2.05) is 11.0 Å². The van der Waals surface area contributed by atoms with Gasteiger partial charge in [0, 0.05) is 26.1 Å². The number of hydrogen-bond donors (Lipinski definition) is 1. The summed E-state index contributed by atoms with van der Waals surface area (Å²) in [5, 5.41) is 2.83. The van der Waals surface area contributed by atoms with Crippen LogP contribution >= 0.6 is 0 Å². The molecular formula is C23H29N3O4S. The Morgan fingerprint density at radius 1 is 0.968 bits per heavy atom. The summed E-state index contributed by atoms with van der Waals surface area (Å²) in [5.41, 5.74) is 1.55. The molecule has 166 valence electrons. The molecular weight excluding hydrogens is 414 g/mol. The lowest BCUT2D eigenvalue weighted by Crippen LogP contribution is -2.36. The zero-order chi connectivity index (χ0) is 22.3. The van der Waals surface area contributed by atoms with E-state index in [1.165, 1.54) is 4.31 Å². The predicted octanol–water partition coefficient (Wildman–Crippen LogP) is 3.50. The first-order valence-corrected chi connectivity index (χ1v) is 12.4. The highest BCUT2D eigenvalue weighted by Gasteiger charge is 2.21. The zero-order valence-corrected chi connectivity index (χ0v) is 18.6. The van der Waals surface area contributed by atoms with Crippen molar-refractivity contribution < 1.29 is 18.0 Å². The van der Waals surface area contributed by atoms with E-state index in [4.69, 9.17) is 0 Å². The van der Waals surface area contributed by atoms with Crippen LogP contribution in [0.1, 0.15) is 42.5 Å². The van der Waals surface area contributed by atoms with Gasteiger partial charge in [0.25, 0.3) is 5.91 Å². The number of sulfonamides is 1. The van der Waals surface area contributed by atoms with Crippen molar-refractivity contribution in [2.75, 3.05) is 35.5 Å². The first kappa shape index (κ1) is 22.8. The smallest absolute Gasteiger partial charge is 0.255 e. The fourth-order valence-corrected chi connectivity index (χ4v) is 4.69. The number of para-hydroxylation sites is 2. The summed E-state index contributed by atoms with van der Waals surface area (Å²) >= 11 is 0. The lowest BCUT2D eigenvalue weighted by atomic mass is 10.1. The van der Waals surface area contributed by atoms with Crippen molar-refractivity contribution in [1.82, 2.24) is 4.90 Å². The third-order valence-electron chi connectivity index (χ3n) is 5.28. The van der Waals surface area contributed by atoms with Gasteiger partial charge in [0.1, 0.15) is 0 Å². The molecule has 2 amide bonds. The standard InChI is InChI=1S/C23H29N3O4S/c1-31(29,30)26(19-11-4-2-5-12-19)18-10-15-22(27)24-21-14-7-6-13-20(21)23(28)25-16-8-3-9-17-25/h2,4-7,11-14H,3,8-10,15-18H2,1H3,(H,24,27). The number of likely N-dealkylation sites (tertiary alicyclic amines) is 1. The van der Waals surface area contributed by atoms with E-state index in [2.05, 4.69) is 5.32 Å². The summed E-state index contributed by atoms with van der Waals surface area (Å²) in [5.74, 6) is -0.316. The first-order chi connectivity index (χ1) is 14.9. The predicted molar refractivity (Wildman–Crippen MR) is 123 cm³/mol. The molecule has 0 aromatic heterocycles. The Bertz CT molecular complexity index is 1000. The molecule has 2 aromatic rings.